The van der Waals surface area contributed by atoms with Gasteiger partial charge in [-0.15, -0.1) is 11.3 Å². The third-order valence-corrected chi connectivity index (χ3v) is 7.84. The lowest BCUT2D eigenvalue weighted by Gasteiger charge is -2.30. The molecule has 1 N–H and O–H groups in total. The molecule has 1 atom stereocenters. The van der Waals surface area contributed by atoms with Gasteiger partial charge in [-0.3, -0.25) is 4.79 Å². The molecular formula is C16H21N3O3S2. The second-order valence-corrected chi connectivity index (χ2v) is 9.62. The van der Waals surface area contributed by atoms with E-state index in [1.165, 1.54) is 20.5 Å². The molecule has 6 nitrogen and oxygen atoms in total. The van der Waals surface area contributed by atoms with Crippen molar-refractivity contribution in [2.24, 2.45) is 5.92 Å². The van der Waals surface area contributed by atoms with Crippen molar-refractivity contribution in [1.82, 2.24) is 4.31 Å². The van der Waals surface area contributed by atoms with Crippen LogP contribution in [0.5, 0.6) is 0 Å². The Hall–Kier alpha value is -1.43. The molecule has 1 aliphatic heterocycles. The maximum Gasteiger partial charge on any atom is 0.229 e. The number of thiophene rings is 1. The number of nitrogens with one attached hydrogen (secondary N) is 1. The number of hydrogen-bond acceptors (Lipinski definition) is 5. The number of amides is 1. The van der Waals surface area contributed by atoms with Gasteiger partial charge in [0.15, 0.2) is 0 Å². The Kier molecular flexibility index (Phi) is 4.95. The van der Waals surface area contributed by atoms with E-state index in [1.54, 1.807) is 6.92 Å². The van der Waals surface area contributed by atoms with Gasteiger partial charge in [0.2, 0.25) is 15.9 Å². The van der Waals surface area contributed by atoms with Crippen molar-refractivity contribution >= 4 is 32.3 Å². The van der Waals surface area contributed by atoms with Gasteiger partial charge in [-0.25, -0.2) is 12.7 Å². The highest BCUT2D eigenvalue weighted by atomic mass is 32.2. The summed E-state index contributed by atoms with van der Waals surface area (Å²) in [5.74, 6) is -0.483. The standard InChI is InChI=1S/C16H21N3O3S2/c1-2-24(21,22)19-8-4-5-11(10-19)15(20)18-16-13(9-17)12-6-3-7-14(12)23-16/h11H,2-8,10H2,1H3,(H,18,20)/t11-/m0/s1. The molecule has 0 bridgehead atoms. The first kappa shape index (κ1) is 17.4. The Morgan fingerprint density at radius 2 is 2.21 bits per heavy atom. The van der Waals surface area contributed by atoms with E-state index >= 15 is 0 Å². The van der Waals surface area contributed by atoms with E-state index < -0.39 is 10.0 Å². The lowest BCUT2D eigenvalue weighted by Crippen LogP contribution is -2.44. The number of rotatable bonds is 4. The first-order valence-electron chi connectivity index (χ1n) is 8.29. The van der Waals surface area contributed by atoms with E-state index in [2.05, 4.69) is 11.4 Å². The molecule has 130 valence electrons. The van der Waals surface area contributed by atoms with Gasteiger partial charge in [0.05, 0.1) is 17.2 Å². The highest BCUT2D eigenvalue weighted by Crippen LogP contribution is 2.39. The van der Waals surface area contributed by atoms with Crippen molar-refractivity contribution in [2.45, 2.75) is 39.0 Å². The van der Waals surface area contributed by atoms with Crippen molar-refractivity contribution in [2.75, 3.05) is 24.2 Å². The van der Waals surface area contributed by atoms with Gasteiger partial charge >= 0.3 is 0 Å². The largest absolute Gasteiger partial charge is 0.316 e. The summed E-state index contributed by atoms with van der Waals surface area (Å²) < 4.78 is 25.5. The molecule has 1 aliphatic carbocycles. The molecule has 8 heteroatoms. The van der Waals surface area contributed by atoms with E-state index in [0.29, 0.717) is 30.0 Å². The number of nitriles is 1. The van der Waals surface area contributed by atoms with Crippen LogP contribution in [0.2, 0.25) is 0 Å². The van der Waals surface area contributed by atoms with Gasteiger partial charge in [0, 0.05) is 18.0 Å². The molecule has 0 unspecified atom stereocenters. The molecule has 1 aromatic heterocycles. The van der Waals surface area contributed by atoms with Crippen molar-refractivity contribution < 1.29 is 13.2 Å². The minimum absolute atomic E-state index is 0.0531. The zero-order chi connectivity index (χ0) is 17.3. The Labute approximate surface area is 146 Å². The molecule has 3 rings (SSSR count). The molecule has 1 fully saturated rings. The normalized spacial score (nSPS) is 21.2. The zero-order valence-corrected chi connectivity index (χ0v) is 15.3. The van der Waals surface area contributed by atoms with Crippen LogP contribution in [0.1, 0.15) is 42.2 Å². The molecule has 0 radical (unpaired) electrons. The third-order valence-electron chi connectivity index (χ3n) is 4.78. The Bertz CT molecular complexity index is 792. The molecule has 1 aromatic rings. The maximum atomic E-state index is 12.6. The van der Waals surface area contributed by atoms with Gasteiger partial charge in [0.25, 0.3) is 0 Å². The first-order chi connectivity index (χ1) is 11.5. The molecule has 0 aromatic carbocycles. The Morgan fingerprint density at radius 1 is 1.42 bits per heavy atom. The van der Waals surface area contributed by atoms with Gasteiger partial charge in [-0.05, 0) is 44.6 Å². The van der Waals surface area contributed by atoms with Crippen LogP contribution in [0.25, 0.3) is 0 Å². The first-order valence-corrected chi connectivity index (χ1v) is 10.7. The summed E-state index contributed by atoms with van der Waals surface area (Å²) in [7, 11) is -3.27. The number of carbonyl (C=O) groups excluding carboxylic acids is 1. The van der Waals surface area contributed by atoms with Crippen LogP contribution in [0.3, 0.4) is 0 Å². The van der Waals surface area contributed by atoms with Gasteiger partial charge in [-0.2, -0.15) is 5.26 Å². The molecule has 2 heterocycles. The van der Waals surface area contributed by atoms with Gasteiger partial charge in [-0.1, -0.05) is 0 Å². The summed E-state index contributed by atoms with van der Waals surface area (Å²) in [6.45, 7) is 2.33. The van der Waals surface area contributed by atoms with Crippen LogP contribution >= 0.6 is 11.3 Å². The van der Waals surface area contributed by atoms with Crippen LogP contribution in [0.4, 0.5) is 5.00 Å². The van der Waals surface area contributed by atoms with Crippen LogP contribution < -0.4 is 5.32 Å². The number of hydrogen-bond donors (Lipinski definition) is 1. The second-order valence-electron chi connectivity index (χ2n) is 6.26. The third kappa shape index (κ3) is 3.21. The van der Waals surface area contributed by atoms with E-state index in [4.69, 9.17) is 0 Å². The highest BCUT2D eigenvalue weighted by molar-refractivity contribution is 7.89. The summed E-state index contributed by atoms with van der Waals surface area (Å²) in [6, 6.07) is 2.22. The quantitative estimate of drug-likeness (QED) is 0.882. The number of piperidine rings is 1. The zero-order valence-electron chi connectivity index (χ0n) is 13.7. The van der Waals surface area contributed by atoms with Crippen LogP contribution in [-0.4, -0.2) is 37.5 Å². The lowest BCUT2D eigenvalue weighted by atomic mass is 9.99. The predicted molar refractivity (Wildman–Crippen MR) is 93.4 cm³/mol. The average Bonchev–Trinajstić information content (AvgIpc) is 3.15. The smallest absolute Gasteiger partial charge is 0.229 e. The topological polar surface area (TPSA) is 90.3 Å². The lowest BCUT2D eigenvalue weighted by molar-refractivity contribution is -0.120. The molecule has 1 amide bonds. The van der Waals surface area contributed by atoms with Gasteiger partial charge < -0.3 is 5.32 Å². The number of carbonyl (C=O) groups is 1. The predicted octanol–water partition coefficient (Wildman–Crippen LogP) is 2.11. The molecule has 24 heavy (non-hydrogen) atoms. The fourth-order valence-corrected chi connectivity index (χ4v) is 5.84. The van der Waals surface area contributed by atoms with E-state index in [1.807, 2.05) is 0 Å². The Morgan fingerprint density at radius 3 is 2.92 bits per heavy atom. The summed E-state index contributed by atoms with van der Waals surface area (Å²) in [4.78, 5) is 13.8. The molecule has 1 saturated heterocycles. The van der Waals surface area contributed by atoms with E-state index in [0.717, 1.165) is 24.8 Å². The molecule has 2 aliphatic rings. The fourth-order valence-electron chi connectivity index (χ4n) is 3.42. The second kappa shape index (κ2) is 6.82. The van der Waals surface area contributed by atoms with Crippen LogP contribution in [0, 0.1) is 17.2 Å². The molecule has 0 saturated carbocycles. The van der Waals surface area contributed by atoms with Crippen molar-refractivity contribution in [1.29, 1.82) is 5.26 Å². The van der Waals surface area contributed by atoms with E-state index in [-0.39, 0.29) is 24.1 Å². The summed E-state index contributed by atoms with van der Waals surface area (Å²) >= 11 is 1.49. The van der Waals surface area contributed by atoms with Gasteiger partial charge in [0.1, 0.15) is 11.1 Å². The number of aryl methyl sites for hydroxylation is 1. The molecular weight excluding hydrogens is 346 g/mol. The highest BCUT2D eigenvalue weighted by Gasteiger charge is 2.32. The number of sulfonamides is 1. The van der Waals surface area contributed by atoms with Crippen molar-refractivity contribution in [3.05, 3.63) is 16.0 Å². The number of fused-ring (bicyclic) bond motifs is 1. The SMILES string of the molecule is CCS(=O)(=O)N1CCC[C@H](C(=O)Nc2sc3c(c2C#N)CCC3)C1. The number of nitrogens with zero attached hydrogens (tertiary/aromatic N) is 2. The number of anilines is 1. The van der Waals surface area contributed by atoms with Crippen molar-refractivity contribution in [3.63, 3.8) is 0 Å². The average molecular weight is 367 g/mol. The summed E-state index contributed by atoms with van der Waals surface area (Å²) in [5.41, 5.74) is 1.67. The summed E-state index contributed by atoms with van der Waals surface area (Å²) in [5, 5.41) is 12.9. The van der Waals surface area contributed by atoms with Crippen LogP contribution in [0.15, 0.2) is 0 Å². The monoisotopic (exact) mass is 367 g/mol. The van der Waals surface area contributed by atoms with Crippen LogP contribution in [-0.2, 0) is 27.7 Å². The summed E-state index contributed by atoms with van der Waals surface area (Å²) in [6.07, 6.45) is 4.29. The minimum atomic E-state index is -3.27. The fraction of sp³-hybridized carbons (Fsp3) is 0.625. The maximum absolute atomic E-state index is 12.6. The molecule has 0 spiro atoms. The van der Waals surface area contributed by atoms with Crippen molar-refractivity contribution in [3.8, 4) is 6.07 Å². The minimum Gasteiger partial charge on any atom is -0.316 e. The Balaban J connectivity index is 1.73. The van der Waals surface area contributed by atoms with E-state index in [9.17, 15) is 18.5 Å².